The van der Waals surface area contributed by atoms with Gasteiger partial charge in [0.15, 0.2) is 5.78 Å². The summed E-state index contributed by atoms with van der Waals surface area (Å²) in [5.74, 6) is 1.28. The van der Waals surface area contributed by atoms with Gasteiger partial charge in [0.1, 0.15) is 5.75 Å². The van der Waals surface area contributed by atoms with Gasteiger partial charge in [-0.1, -0.05) is 26.2 Å². The van der Waals surface area contributed by atoms with Gasteiger partial charge < -0.3 is 4.74 Å². The maximum atomic E-state index is 11.6. The van der Waals surface area contributed by atoms with E-state index in [1.54, 1.807) is 12.1 Å². The Morgan fingerprint density at radius 1 is 1.17 bits per heavy atom. The largest absolute Gasteiger partial charge is 0.494 e. The summed E-state index contributed by atoms with van der Waals surface area (Å²) < 4.78 is 5.61. The first-order valence-electron chi connectivity index (χ1n) is 6.60. The second-order valence-corrected chi connectivity index (χ2v) is 4.67. The lowest BCUT2D eigenvalue weighted by Gasteiger charge is -2.06. The number of hydrogen-bond acceptors (Lipinski definition) is 2. The highest BCUT2D eigenvalue weighted by molar-refractivity contribution is 6.19. The summed E-state index contributed by atoms with van der Waals surface area (Å²) in [5.41, 5.74) is 0.703. The van der Waals surface area contributed by atoms with Crippen LogP contribution in [-0.2, 0) is 0 Å². The van der Waals surface area contributed by atoms with Crippen LogP contribution in [0, 0.1) is 0 Å². The molecule has 100 valence electrons. The zero-order valence-electron chi connectivity index (χ0n) is 11.0. The molecule has 1 aromatic carbocycles. The van der Waals surface area contributed by atoms with E-state index < -0.39 is 0 Å². The van der Waals surface area contributed by atoms with E-state index in [2.05, 4.69) is 6.92 Å². The molecule has 0 bridgehead atoms. The van der Waals surface area contributed by atoms with Gasteiger partial charge in [-0.05, 0) is 30.7 Å². The zero-order valence-corrected chi connectivity index (χ0v) is 11.7. The topological polar surface area (TPSA) is 26.3 Å². The maximum Gasteiger partial charge on any atom is 0.164 e. The zero-order chi connectivity index (χ0) is 13.2. The fourth-order valence-electron chi connectivity index (χ4n) is 1.69. The Morgan fingerprint density at radius 2 is 1.89 bits per heavy atom. The van der Waals surface area contributed by atoms with Gasteiger partial charge in [0, 0.05) is 17.9 Å². The number of ether oxygens (including phenoxy) is 1. The highest BCUT2D eigenvalue weighted by Crippen LogP contribution is 2.14. The van der Waals surface area contributed by atoms with Gasteiger partial charge in [0.05, 0.1) is 6.61 Å². The third-order valence-corrected chi connectivity index (χ3v) is 2.95. The Balaban J connectivity index is 2.33. The van der Waals surface area contributed by atoms with Gasteiger partial charge in [0.2, 0.25) is 0 Å². The van der Waals surface area contributed by atoms with Crippen molar-refractivity contribution in [2.45, 2.75) is 39.0 Å². The lowest BCUT2D eigenvalue weighted by atomic mass is 10.1. The molecule has 1 rings (SSSR count). The number of ketones is 1. The SMILES string of the molecule is CCCCCCOc1ccc(C(=O)CCCl)cc1. The van der Waals surface area contributed by atoms with Crippen molar-refractivity contribution < 1.29 is 9.53 Å². The molecule has 0 radical (unpaired) electrons. The highest BCUT2D eigenvalue weighted by Gasteiger charge is 2.04. The van der Waals surface area contributed by atoms with Gasteiger partial charge in [-0.3, -0.25) is 4.79 Å². The first-order chi connectivity index (χ1) is 8.77. The molecule has 1 aromatic rings. The van der Waals surface area contributed by atoms with Crippen molar-refractivity contribution in [2.24, 2.45) is 0 Å². The Morgan fingerprint density at radius 3 is 2.50 bits per heavy atom. The van der Waals surface area contributed by atoms with E-state index in [0.29, 0.717) is 17.9 Å². The molecule has 0 amide bonds. The average Bonchev–Trinajstić information content (AvgIpc) is 2.39. The predicted octanol–water partition coefficient (Wildman–Crippen LogP) is 4.46. The normalized spacial score (nSPS) is 10.3. The van der Waals surface area contributed by atoms with E-state index in [1.807, 2.05) is 12.1 Å². The molecule has 18 heavy (non-hydrogen) atoms. The van der Waals surface area contributed by atoms with E-state index in [9.17, 15) is 4.79 Å². The van der Waals surface area contributed by atoms with Crippen molar-refractivity contribution in [3.8, 4) is 5.75 Å². The standard InChI is InChI=1S/C15H21ClO2/c1-2-3-4-5-12-18-14-8-6-13(7-9-14)15(17)10-11-16/h6-9H,2-5,10-12H2,1H3. The van der Waals surface area contributed by atoms with E-state index >= 15 is 0 Å². The average molecular weight is 269 g/mol. The summed E-state index contributed by atoms with van der Waals surface area (Å²) in [6.07, 6.45) is 5.18. The Bertz CT molecular complexity index is 346. The van der Waals surface area contributed by atoms with Gasteiger partial charge in [-0.15, -0.1) is 11.6 Å². The Kier molecular flexibility index (Phi) is 7.51. The fourth-order valence-corrected chi connectivity index (χ4v) is 1.86. The number of Topliss-reactive ketones (excluding diaryl/α,β-unsaturated/α-hetero) is 1. The van der Waals surface area contributed by atoms with Crippen LogP contribution in [0.15, 0.2) is 24.3 Å². The molecule has 2 nitrogen and oxygen atoms in total. The third kappa shape index (κ3) is 5.54. The van der Waals surface area contributed by atoms with Crippen molar-refractivity contribution >= 4 is 17.4 Å². The minimum absolute atomic E-state index is 0.0829. The van der Waals surface area contributed by atoms with Crippen LogP contribution in [0.1, 0.15) is 49.4 Å². The van der Waals surface area contributed by atoms with Crippen molar-refractivity contribution in [3.05, 3.63) is 29.8 Å². The van der Waals surface area contributed by atoms with Crippen LogP contribution < -0.4 is 4.74 Å². The highest BCUT2D eigenvalue weighted by atomic mass is 35.5. The second-order valence-electron chi connectivity index (χ2n) is 4.30. The van der Waals surface area contributed by atoms with E-state index in [0.717, 1.165) is 18.8 Å². The van der Waals surface area contributed by atoms with Crippen molar-refractivity contribution in [3.63, 3.8) is 0 Å². The molecule has 0 aliphatic heterocycles. The summed E-state index contributed by atoms with van der Waals surface area (Å²) in [6, 6.07) is 7.30. The van der Waals surface area contributed by atoms with Crippen molar-refractivity contribution in [2.75, 3.05) is 12.5 Å². The second kappa shape index (κ2) is 8.98. The molecule has 0 saturated carbocycles. The molecular weight excluding hydrogens is 248 g/mol. The van der Waals surface area contributed by atoms with Crippen LogP contribution in [-0.4, -0.2) is 18.3 Å². The summed E-state index contributed by atoms with van der Waals surface area (Å²) >= 11 is 5.54. The van der Waals surface area contributed by atoms with E-state index in [4.69, 9.17) is 16.3 Å². The molecular formula is C15H21ClO2. The lowest BCUT2D eigenvalue weighted by molar-refractivity contribution is 0.0989. The molecule has 0 N–H and O–H groups in total. The lowest BCUT2D eigenvalue weighted by Crippen LogP contribution is -2.01. The van der Waals surface area contributed by atoms with Crippen LogP contribution in [0.3, 0.4) is 0 Å². The quantitative estimate of drug-likeness (QED) is 0.376. The summed E-state index contributed by atoms with van der Waals surface area (Å²) in [7, 11) is 0. The number of carbonyl (C=O) groups is 1. The molecule has 0 atom stereocenters. The first-order valence-corrected chi connectivity index (χ1v) is 7.13. The van der Waals surface area contributed by atoms with Gasteiger partial charge in [-0.2, -0.15) is 0 Å². The van der Waals surface area contributed by atoms with Crippen LogP contribution in [0.25, 0.3) is 0 Å². The van der Waals surface area contributed by atoms with Crippen molar-refractivity contribution in [1.82, 2.24) is 0 Å². The van der Waals surface area contributed by atoms with Gasteiger partial charge in [0.25, 0.3) is 0 Å². The summed E-state index contributed by atoms with van der Waals surface area (Å²) in [5, 5.41) is 0. The van der Waals surface area contributed by atoms with Crippen LogP contribution in [0.4, 0.5) is 0 Å². The van der Waals surface area contributed by atoms with Gasteiger partial charge in [-0.25, -0.2) is 0 Å². The van der Waals surface area contributed by atoms with Gasteiger partial charge >= 0.3 is 0 Å². The Hall–Kier alpha value is -1.02. The molecule has 0 spiro atoms. The number of rotatable bonds is 9. The monoisotopic (exact) mass is 268 g/mol. The van der Waals surface area contributed by atoms with E-state index in [-0.39, 0.29) is 5.78 Å². The molecule has 0 saturated heterocycles. The molecule has 0 heterocycles. The smallest absolute Gasteiger partial charge is 0.164 e. The number of hydrogen-bond donors (Lipinski definition) is 0. The first kappa shape index (κ1) is 15.0. The molecule has 0 unspecified atom stereocenters. The number of alkyl halides is 1. The molecule has 3 heteroatoms. The third-order valence-electron chi connectivity index (χ3n) is 2.76. The number of halogens is 1. The molecule has 0 aromatic heterocycles. The van der Waals surface area contributed by atoms with Crippen LogP contribution >= 0.6 is 11.6 Å². The molecule has 0 aliphatic carbocycles. The molecule has 0 aliphatic rings. The fraction of sp³-hybridized carbons (Fsp3) is 0.533. The number of benzene rings is 1. The predicted molar refractivity (Wildman–Crippen MR) is 75.7 cm³/mol. The minimum Gasteiger partial charge on any atom is -0.494 e. The minimum atomic E-state index is 0.0829. The van der Waals surface area contributed by atoms with Crippen LogP contribution in [0.5, 0.6) is 5.75 Å². The summed E-state index contributed by atoms with van der Waals surface area (Å²) in [4.78, 5) is 11.6. The van der Waals surface area contributed by atoms with Crippen LogP contribution in [0.2, 0.25) is 0 Å². The maximum absolute atomic E-state index is 11.6. The van der Waals surface area contributed by atoms with E-state index in [1.165, 1.54) is 19.3 Å². The number of carbonyl (C=O) groups excluding carboxylic acids is 1. The molecule has 0 fully saturated rings. The van der Waals surface area contributed by atoms with Crippen molar-refractivity contribution in [1.29, 1.82) is 0 Å². The summed E-state index contributed by atoms with van der Waals surface area (Å²) in [6.45, 7) is 2.94. The number of unbranched alkanes of at least 4 members (excludes halogenated alkanes) is 3. The Labute approximate surface area is 114 Å².